The van der Waals surface area contributed by atoms with Gasteiger partial charge in [0.15, 0.2) is 0 Å². The molecule has 1 atom stereocenters. The Morgan fingerprint density at radius 1 is 1.11 bits per heavy atom. The van der Waals surface area contributed by atoms with E-state index in [1.54, 1.807) is 0 Å². The number of carbonyl (C=O) groups is 2. The fourth-order valence-corrected chi connectivity index (χ4v) is 4.58. The van der Waals surface area contributed by atoms with Crippen molar-refractivity contribution in [2.75, 3.05) is 12.3 Å². The Balaban J connectivity index is 1.42. The summed E-state index contributed by atoms with van der Waals surface area (Å²) in [6.45, 7) is 3.83. The second-order valence-corrected chi connectivity index (χ2v) is 8.55. The number of benzene rings is 2. The van der Waals surface area contributed by atoms with Crippen molar-refractivity contribution in [3.05, 3.63) is 79.3 Å². The van der Waals surface area contributed by atoms with E-state index in [-0.39, 0.29) is 24.4 Å². The summed E-state index contributed by atoms with van der Waals surface area (Å²) in [5.74, 6) is 1.28. The van der Waals surface area contributed by atoms with Gasteiger partial charge in [-0.1, -0.05) is 36.9 Å². The van der Waals surface area contributed by atoms with Crippen molar-refractivity contribution in [1.29, 1.82) is 0 Å². The zero-order chi connectivity index (χ0) is 25.1. The second-order valence-electron chi connectivity index (χ2n) is 8.55. The standard InChI is InChI=1S/C27H26N6O3/c1-2-22(34)29-14-23(35)32-18-10-13-21-24(25-26(28)30-16-31-27(25)33(21)15-18)17-8-11-20(12-9-17)36-19-6-4-3-5-7-19/h2-9,11-12,16,18H,1,10,13-15H2,(H,29,34)(H,32,35)(H2,28,30,31)/t18-/m1/s1. The van der Waals surface area contributed by atoms with Gasteiger partial charge in [0.1, 0.15) is 29.3 Å². The number of nitrogens with two attached hydrogens (primary N) is 1. The highest BCUT2D eigenvalue weighted by Crippen LogP contribution is 2.39. The van der Waals surface area contributed by atoms with Crippen LogP contribution in [-0.4, -0.2) is 38.9 Å². The molecule has 0 aliphatic carbocycles. The van der Waals surface area contributed by atoms with Crippen LogP contribution >= 0.6 is 0 Å². The number of nitrogens with one attached hydrogen (secondary N) is 2. The van der Waals surface area contributed by atoms with Gasteiger partial charge in [-0.25, -0.2) is 9.97 Å². The van der Waals surface area contributed by atoms with Gasteiger partial charge in [0.2, 0.25) is 11.8 Å². The lowest BCUT2D eigenvalue weighted by Crippen LogP contribution is -2.45. The molecule has 4 N–H and O–H groups in total. The normalized spacial score (nSPS) is 14.6. The molecule has 2 amide bonds. The van der Waals surface area contributed by atoms with E-state index < -0.39 is 0 Å². The first-order chi connectivity index (χ1) is 17.5. The van der Waals surface area contributed by atoms with Crippen LogP contribution in [-0.2, 0) is 22.6 Å². The summed E-state index contributed by atoms with van der Waals surface area (Å²) in [7, 11) is 0. The number of nitrogens with zero attached hydrogens (tertiary/aromatic N) is 3. The second kappa shape index (κ2) is 9.91. The van der Waals surface area contributed by atoms with Crippen molar-refractivity contribution in [2.24, 2.45) is 0 Å². The number of aromatic nitrogens is 3. The third kappa shape index (κ3) is 4.63. The average Bonchev–Trinajstić information content (AvgIpc) is 3.23. The highest BCUT2D eigenvalue weighted by Gasteiger charge is 2.28. The highest BCUT2D eigenvalue weighted by molar-refractivity contribution is 6.02. The molecule has 0 radical (unpaired) electrons. The van der Waals surface area contributed by atoms with Gasteiger partial charge in [-0.15, -0.1) is 0 Å². The third-order valence-corrected chi connectivity index (χ3v) is 6.20. The summed E-state index contributed by atoms with van der Waals surface area (Å²) in [5.41, 5.74) is 10.1. The summed E-state index contributed by atoms with van der Waals surface area (Å²) >= 11 is 0. The minimum absolute atomic E-state index is 0.0988. The Bertz CT molecular complexity index is 1430. The first kappa shape index (κ1) is 23.1. The molecular weight excluding hydrogens is 456 g/mol. The SMILES string of the molecule is C=CC(=O)NCC(=O)N[C@@H]1CCc2c(-c3ccc(Oc4ccccc4)cc3)c3c(N)ncnc3n2C1. The Morgan fingerprint density at radius 3 is 2.61 bits per heavy atom. The largest absolute Gasteiger partial charge is 0.457 e. The van der Waals surface area contributed by atoms with Crippen molar-refractivity contribution >= 4 is 28.7 Å². The molecule has 3 heterocycles. The number of hydrogen-bond donors (Lipinski definition) is 3. The zero-order valence-corrected chi connectivity index (χ0v) is 19.6. The molecule has 0 spiro atoms. The van der Waals surface area contributed by atoms with Gasteiger partial charge in [0.05, 0.1) is 11.9 Å². The van der Waals surface area contributed by atoms with Crippen LogP contribution in [0, 0.1) is 0 Å². The van der Waals surface area contributed by atoms with E-state index in [1.165, 1.54) is 6.33 Å². The number of amides is 2. The minimum atomic E-state index is -0.385. The van der Waals surface area contributed by atoms with E-state index in [9.17, 15) is 9.59 Å². The van der Waals surface area contributed by atoms with E-state index in [0.29, 0.717) is 12.4 Å². The van der Waals surface area contributed by atoms with Gasteiger partial charge in [-0.2, -0.15) is 0 Å². The average molecular weight is 483 g/mol. The summed E-state index contributed by atoms with van der Waals surface area (Å²) in [6, 6.07) is 17.4. The summed E-state index contributed by atoms with van der Waals surface area (Å²) in [6.07, 6.45) is 4.06. The Hall–Kier alpha value is -4.66. The molecule has 0 unspecified atom stereocenters. The summed E-state index contributed by atoms with van der Waals surface area (Å²) in [4.78, 5) is 32.4. The number of rotatable bonds is 7. The molecule has 0 saturated carbocycles. The van der Waals surface area contributed by atoms with Gasteiger partial charge < -0.3 is 25.7 Å². The number of nitrogen functional groups attached to an aromatic ring is 1. The van der Waals surface area contributed by atoms with Gasteiger partial charge in [-0.05, 0) is 48.7 Å². The van der Waals surface area contributed by atoms with Gasteiger partial charge in [-0.3, -0.25) is 9.59 Å². The third-order valence-electron chi connectivity index (χ3n) is 6.20. The van der Waals surface area contributed by atoms with Crippen LogP contribution in [0.5, 0.6) is 11.5 Å². The molecule has 0 bridgehead atoms. The summed E-state index contributed by atoms with van der Waals surface area (Å²) < 4.78 is 8.05. The fourth-order valence-electron chi connectivity index (χ4n) is 4.58. The van der Waals surface area contributed by atoms with Crippen molar-refractivity contribution in [1.82, 2.24) is 25.2 Å². The number of anilines is 1. The smallest absolute Gasteiger partial charge is 0.243 e. The molecule has 1 aliphatic rings. The molecule has 4 aromatic rings. The maximum absolute atomic E-state index is 12.3. The topological polar surface area (TPSA) is 124 Å². The molecule has 9 nitrogen and oxygen atoms in total. The lowest BCUT2D eigenvalue weighted by molar-refractivity contribution is -0.124. The van der Waals surface area contributed by atoms with E-state index in [4.69, 9.17) is 10.5 Å². The lowest BCUT2D eigenvalue weighted by atomic mass is 9.97. The predicted molar refractivity (Wildman–Crippen MR) is 137 cm³/mol. The highest BCUT2D eigenvalue weighted by atomic mass is 16.5. The van der Waals surface area contributed by atoms with E-state index in [1.807, 2.05) is 54.6 Å². The van der Waals surface area contributed by atoms with E-state index >= 15 is 0 Å². The van der Waals surface area contributed by atoms with Crippen molar-refractivity contribution in [2.45, 2.75) is 25.4 Å². The van der Waals surface area contributed by atoms with Crippen LogP contribution in [0.3, 0.4) is 0 Å². The van der Waals surface area contributed by atoms with Crippen LogP contribution in [0.15, 0.2) is 73.6 Å². The van der Waals surface area contributed by atoms with Crippen molar-refractivity contribution < 1.29 is 14.3 Å². The molecule has 0 fully saturated rings. The lowest BCUT2D eigenvalue weighted by Gasteiger charge is -2.26. The number of hydrogen-bond acceptors (Lipinski definition) is 6. The van der Waals surface area contributed by atoms with Crippen molar-refractivity contribution in [3.8, 4) is 22.6 Å². The number of fused-ring (bicyclic) bond motifs is 3. The number of para-hydroxylation sites is 1. The maximum atomic E-state index is 12.3. The Morgan fingerprint density at radius 2 is 1.86 bits per heavy atom. The Kier molecular flexibility index (Phi) is 6.36. The van der Waals surface area contributed by atoms with Crippen LogP contribution in [0.2, 0.25) is 0 Å². The van der Waals surface area contributed by atoms with Crippen LogP contribution in [0.1, 0.15) is 12.1 Å². The van der Waals surface area contributed by atoms with Gasteiger partial charge >= 0.3 is 0 Å². The zero-order valence-electron chi connectivity index (χ0n) is 19.6. The van der Waals surface area contributed by atoms with E-state index in [0.717, 1.165) is 58.3 Å². The molecule has 2 aromatic heterocycles. The molecule has 0 saturated heterocycles. The molecule has 1 aliphatic heterocycles. The predicted octanol–water partition coefficient (Wildman–Crippen LogP) is 3.21. The fraction of sp³-hybridized carbons (Fsp3) is 0.185. The first-order valence-electron chi connectivity index (χ1n) is 11.7. The molecule has 9 heteroatoms. The quantitative estimate of drug-likeness (QED) is 0.348. The minimum Gasteiger partial charge on any atom is -0.457 e. The van der Waals surface area contributed by atoms with E-state index in [2.05, 4.69) is 31.7 Å². The molecular formula is C27H26N6O3. The molecule has 182 valence electrons. The molecule has 36 heavy (non-hydrogen) atoms. The molecule has 2 aromatic carbocycles. The monoisotopic (exact) mass is 482 g/mol. The van der Waals surface area contributed by atoms with Gasteiger partial charge in [0, 0.05) is 23.8 Å². The maximum Gasteiger partial charge on any atom is 0.243 e. The number of carbonyl (C=O) groups excluding carboxylic acids is 2. The van der Waals surface area contributed by atoms with Crippen LogP contribution in [0.25, 0.3) is 22.2 Å². The molecule has 5 rings (SSSR count). The van der Waals surface area contributed by atoms with Gasteiger partial charge in [0.25, 0.3) is 0 Å². The first-order valence-corrected chi connectivity index (χ1v) is 11.7. The Labute approximate surface area is 208 Å². The van der Waals surface area contributed by atoms with Crippen LogP contribution < -0.4 is 21.1 Å². The number of ether oxygens (including phenoxy) is 1. The van der Waals surface area contributed by atoms with Crippen LogP contribution in [0.4, 0.5) is 5.82 Å². The van der Waals surface area contributed by atoms with Crippen molar-refractivity contribution in [3.63, 3.8) is 0 Å². The summed E-state index contributed by atoms with van der Waals surface area (Å²) in [5, 5.41) is 6.30.